The molecule has 3 rings (SSSR count). The molecule has 0 aliphatic heterocycles. The van der Waals surface area contributed by atoms with Crippen molar-refractivity contribution in [3.05, 3.63) is 64.2 Å². The zero-order chi connectivity index (χ0) is 20.1. The molecule has 1 heterocycles. The number of carbonyl (C=O) groups excluding carboxylic acids is 1. The molecule has 0 radical (unpaired) electrons. The number of ether oxygens (including phenoxy) is 2. The van der Waals surface area contributed by atoms with Crippen LogP contribution in [0.15, 0.2) is 42.5 Å². The highest BCUT2D eigenvalue weighted by atomic mass is 32.1. The fourth-order valence-electron chi connectivity index (χ4n) is 2.94. The summed E-state index contributed by atoms with van der Waals surface area (Å²) in [6, 6.07) is 13.7. The third-order valence-electron chi connectivity index (χ3n) is 4.53. The van der Waals surface area contributed by atoms with E-state index in [1.54, 1.807) is 25.6 Å². The number of rotatable bonds is 7. The molecule has 0 atom stereocenters. The summed E-state index contributed by atoms with van der Waals surface area (Å²) in [6.07, 6.45) is 0.281. The van der Waals surface area contributed by atoms with E-state index in [0.717, 1.165) is 26.7 Å². The number of nitrogens with zero attached hydrogens (tertiary/aromatic N) is 1. The number of nitrogens with one attached hydrogen (secondary N) is 1. The zero-order valence-corrected chi connectivity index (χ0v) is 17.4. The van der Waals surface area contributed by atoms with Crippen LogP contribution in [-0.2, 0) is 17.8 Å². The summed E-state index contributed by atoms with van der Waals surface area (Å²) in [4.78, 5) is 18.1. The number of methoxy groups -OCH3 is 2. The van der Waals surface area contributed by atoms with Crippen LogP contribution in [0, 0.1) is 13.8 Å². The van der Waals surface area contributed by atoms with Gasteiger partial charge in [0.15, 0.2) is 11.5 Å². The maximum Gasteiger partial charge on any atom is 0.224 e. The lowest BCUT2D eigenvalue weighted by Crippen LogP contribution is -2.24. The molecule has 146 valence electrons. The van der Waals surface area contributed by atoms with Crippen LogP contribution >= 0.6 is 11.3 Å². The third kappa shape index (κ3) is 4.51. The first kappa shape index (κ1) is 19.9. The molecule has 5 nitrogen and oxygen atoms in total. The largest absolute Gasteiger partial charge is 0.493 e. The molecule has 1 aromatic heterocycles. The average molecular weight is 397 g/mol. The van der Waals surface area contributed by atoms with Crippen LogP contribution in [0.4, 0.5) is 0 Å². The van der Waals surface area contributed by atoms with Gasteiger partial charge in [-0.15, -0.1) is 11.3 Å². The van der Waals surface area contributed by atoms with Gasteiger partial charge >= 0.3 is 0 Å². The molecule has 0 fully saturated rings. The van der Waals surface area contributed by atoms with Gasteiger partial charge in [0.1, 0.15) is 5.01 Å². The molecule has 3 aromatic rings. The van der Waals surface area contributed by atoms with Crippen molar-refractivity contribution in [3.8, 4) is 22.1 Å². The van der Waals surface area contributed by atoms with Crippen LogP contribution < -0.4 is 14.8 Å². The minimum absolute atomic E-state index is 0.0440. The lowest BCUT2D eigenvalue weighted by molar-refractivity contribution is -0.120. The van der Waals surface area contributed by atoms with Crippen molar-refractivity contribution in [2.45, 2.75) is 26.8 Å². The molecule has 0 aliphatic carbocycles. The first-order valence-corrected chi connectivity index (χ1v) is 9.83. The number of hydrogen-bond donors (Lipinski definition) is 1. The van der Waals surface area contributed by atoms with Crippen LogP contribution in [0.3, 0.4) is 0 Å². The number of carbonyl (C=O) groups is 1. The van der Waals surface area contributed by atoms with Crippen molar-refractivity contribution in [2.75, 3.05) is 14.2 Å². The van der Waals surface area contributed by atoms with Gasteiger partial charge in [-0.25, -0.2) is 4.98 Å². The summed E-state index contributed by atoms with van der Waals surface area (Å²) < 4.78 is 10.5. The smallest absolute Gasteiger partial charge is 0.224 e. The minimum Gasteiger partial charge on any atom is -0.493 e. The summed E-state index contributed by atoms with van der Waals surface area (Å²) in [5, 5.41) is 3.98. The van der Waals surface area contributed by atoms with Gasteiger partial charge in [-0.05, 0) is 37.1 Å². The Kier molecular flexibility index (Phi) is 6.31. The van der Waals surface area contributed by atoms with Gasteiger partial charge < -0.3 is 14.8 Å². The topological polar surface area (TPSA) is 60.5 Å². The number of benzene rings is 2. The second-order valence-corrected chi connectivity index (χ2v) is 7.57. The summed E-state index contributed by atoms with van der Waals surface area (Å²) in [5.41, 5.74) is 4.16. The molecule has 6 heteroatoms. The highest BCUT2D eigenvalue weighted by Crippen LogP contribution is 2.30. The summed E-state index contributed by atoms with van der Waals surface area (Å²) in [5.74, 6) is 1.22. The molecule has 0 saturated carbocycles. The highest BCUT2D eigenvalue weighted by molar-refractivity contribution is 7.15. The third-order valence-corrected chi connectivity index (χ3v) is 5.72. The SMILES string of the molecule is COc1ccc(CC(=O)NCc2sc(-c3ccccc3C)nc2C)cc1OC. The molecular formula is C22H24N2O3S. The molecule has 1 N–H and O–H groups in total. The average Bonchev–Trinajstić information content (AvgIpc) is 3.07. The normalized spacial score (nSPS) is 10.6. The van der Waals surface area contributed by atoms with E-state index in [2.05, 4.69) is 29.4 Å². The van der Waals surface area contributed by atoms with Crippen LogP contribution in [0.2, 0.25) is 0 Å². The molecule has 28 heavy (non-hydrogen) atoms. The predicted octanol–water partition coefficient (Wildman–Crippen LogP) is 4.30. The first-order chi connectivity index (χ1) is 13.5. The van der Waals surface area contributed by atoms with Gasteiger partial charge in [0.25, 0.3) is 0 Å². The maximum atomic E-state index is 12.4. The van der Waals surface area contributed by atoms with Crippen LogP contribution in [0.1, 0.15) is 21.7 Å². The molecule has 0 spiro atoms. The quantitative estimate of drug-likeness (QED) is 0.647. The van der Waals surface area contributed by atoms with Crippen molar-refractivity contribution in [2.24, 2.45) is 0 Å². The fourth-order valence-corrected chi connectivity index (χ4v) is 4.03. The minimum atomic E-state index is -0.0440. The molecule has 0 unspecified atom stereocenters. The lowest BCUT2D eigenvalue weighted by Gasteiger charge is -2.09. The van der Waals surface area contributed by atoms with Crippen LogP contribution in [-0.4, -0.2) is 25.1 Å². The predicted molar refractivity (Wildman–Crippen MR) is 112 cm³/mol. The number of aryl methyl sites for hydroxylation is 2. The fraction of sp³-hybridized carbons (Fsp3) is 0.273. The van der Waals surface area contributed by atoms with E-state index in [4.69, 9.17) is 9.47 Å². The van der Waals surface area contributed by atoms with Crippen molar-refractivity contribution in [3.63, 3.8) is 0 Å². The van der Waals surface area contributed by atoms with Gasteiger partial charge in [-0.2, -0.15) is 0 Å². The van der Waals surface area contributed by atoms with Crippen molar-refractivity contribution >= 4 is 17.2 Å². The van der Waals surface area contributed by atoms with E-state index in [-0.39, 0.29) is 12.3 Å². The Morgan fingerprint density at radius 2 is 1.82 bits per heavy atom. The molecule has 0 aliphatic rings. The van der Waals surface area contributed by atoms with Crippen molar-refractivity contribution < 1.29 is 14.3 Å². The van der Waals surface area contributed by atoms with Crippen LogP contribution in [0.25, 0.3) is 10.6 Å². The summed E-state index contributed by atoms with van der Waals surface area (Å²) in [6.45, 7) is 4.53. The lowest BCUT2D eigenvalue weighted by atomic mass is 10.1. The summed E-state index contributed by atoms with van der Waals surface area (Å²) >= 11 is 1.62. The second kappa shape index (κ2) is 8.89. The Labute approximate surface area is 169 Å². The number of amides is 1. The Hall–Kier alpha value is -2.86. The molecule has 0 bridgehead atoms. The second-order valence-electron chi connectivity index (χ2n) is 6.49. The van der Waals surface area contributed by atoms with Crippen molar-refractivity contribution in [1.82, 2.24) is 10.3 Å². The number of aromatic nitrogens is 1. The van der Waals surface area contributed by atoms with E-state index >= 15 is 0 Å². The van der Waals surface area contributed by atoms with E-state index in [1.807, 2.05) is 37.3 Å². The number of hydrogen-bond acceptors (Lipinski definition) is 5. The van der Waals surface area contributed by atoms with E-state index < -0.39 is 0 Å². The molecule has 2 aromatic carbocycles. The van der Waals surface area contributed by atoms with Gasteiger partial charge in [-0.1, -0.05) is 30.3 Å². The molecular weight excluding hydrogens is 372 g/mol. The van der Waals surface area contributed by atoms with Gasteiger partial charge in [0, 0.05) is 10.4 Å². The highest BCUT2D eigenvalue weighted by Gasteiger charge is 2.13. The standard InChI is InChI=1S/C22H24N2O3S/c1-14-7-5-6-8-17(14)22-24-15(2)20(28-22)13-23-21(25)12-16-9-10-18(26-3)19(11-16)27-4/h5-11H,12-13H2,1-4H3,(H,23,25). The van der Waals surface area contributed by atoms with Gasteiger partial charge in [0.05, 0.1) is 32.9 Å². The van der Waals surface area contributed by atoms with Gasteiger partial charge in [-0.3, -0.25) is 4.79 Å². The molecule has 0 saturated heterocycles. The molecule has 1 amide bonds. The Morgan fingerprint density at radius 1 is 1.07 bits per heavy atom. The number of thiazole rings is 1. The van der Waals surface area contributed by atoms with Gasteiger partial charge in [0.2, 0.25) is 5.91 Å². The Bertz CT molecular complexity index is 982. The summed E-state index contributed by atoms with van der Waals surface area (Å²) in [7, 11) is 3.17. The zero-order valence-electron chi connectivity index (χ0n) is 16.5. The maximum absolute atomic E-state index is 12.4. The Balaban J connectivity index is 1.65. The van der Waals surface area contributed by atoms with E-state index in [0.29, 0.717) is 18.0 Å². The Morgan fingerprint density at radius 3 is 2.54 bits per heavy atom. The van der Waals surface area contributed by atoms with E-state index in [1.165, 1.54) is 5.56 Å². The van der Waals surface area contributed by atoms with E-state index in [9.17, 15) is 4.79 Å². The van der Waals surface area contributed by atoms with Crippen LogP contribution in [0.5, 0.6) is 11.5 Å². The van der Waals surface area contributed by atoms with Crippen molar-refractivity contribution in [1.29, 1.82) is 0 Å². The monoisotopic (exact) mass is 396 g/mol. The first-order valence-electron chi connectivity index (χ1n) is 9.01.